The van der Waals surface area contributed by atoms with Gasteiger partial charge in [0.25, 0.3) is 5.95 Å². The molecule has 0 aliphatic carbocycles. The van der Waals surface area contributed by atoms with Crippen molar-refractivity contribution in [1.82, 2.24) is 20.3 Å². The van der Waals surface area contributed by atoms with E-state index in [1.807, 2.05) is 18.2 Å². The van der Waals surface area contributed by atoms with Gasteiger partial charge in [-0.1, -0.05) is 23.7 Å². The Morgan fingerprint density at radius 1 is 1.36 bits per heavy atom. The monoisotopic (exact) mass is 304 g/mol. The third-order valence-electron chi connectivity index (χ3n) is 2.93. The predicted molar refractivity (Wildman–Crippen MR) is 83.2 cm³/mol. The molecule has 8 heteroatoms. The Labute approximate surface area is 128 Å². The average Bonchev–Trinajstić information content (AvgIpc) is 2.91. The highest BCUT2D eigenvalue weighted by Crippen LogP contribution is 2.27. The average molecular weight is 304 g/mol. The summed E-state index contributed by atoms with van der Waals surface area (Å²) in [6.45, 7) is 4.97. The fraction of sp³-hybridized carbons (Fsp3) is 0.429. The fourth-order valence-electron chi connectivity index (χ4n) is 1.68. The minimum Gasteiger partial charge on any atom is -0.493 e. The number of hydrogen-bond acceptors (Lipinski definition) is 7. The van der Waals surface area contributed by atoms with Crippen LogP contribution in [0.25, 0.3) is 0 Å². The Morgan fingerprint density at radius 2 is 2.18 bits per heavy atom. The smallest absolute Gasteiger partial charge is 0.263 e. The second-order valence-electron chi connectivity index (χ2n) is 5.11. The van der Waals surface area contributed by atoms with Gasteiger partial charge in [-0.2, -0.15) is 5.10 Å². The van der Waals surface area contributed by atoms with E-state index < -0.39 is 0 Å². The molecule has 0 fully saturated rings. The summed E-state index contributed by atoms with van der Waals surface area (Å²) in [6.07, 6.45) is 2.58. The van der Waals surface area contributed by atoms with Crippen LogP contribution in [0.5, 0.6) is 11.5 Å². The number of nitrogens with zero attached hydrogens (tertiary/aromatic N) is 5. The number of ether oxygens (including phenoxy) is 2. The SMILES string of the molecule is COc1cc(C=Nn2nnnc2N)ccc1OCCC(C)C. The van der Waals surface area contributed by atoms with Gasteiger partial charge in [0.2, 0.25) is 0 Å². The Hall–Kier alpha value is -2.64. The van der Waals surface area contributed by atoms with Gasteiger partial charge >= 0.3 is 0 Å². The van der Waals surface area contributed by atoms with Crippen molar-refractivity contribution in [2.75, 3.05) is 19.5 Å². The lowest BCUT2D eigenvalue weighted by molar-refractivity contribution is 0.273. The quantitative estimate of drug-likeness (QED) is 0.779. The van der Waals surface area contributed by atoms with E-state index in [1.165, 1.54) is 0 Å². The molecule has 0 atom stereocenters. The molecule has 0 aliphatic heterocycles. The van der Waals surface area contributed by atoms with Crippen molar-refractivity contribution < 1.29 is 9.47 Å². The van der Waals surface area contributed by atoms with Gasteiger partial charge in [0.05, 0.1) is 19.9 Å². The van der Waals surface area contributed by atoms with Crippen LogP contribution in [-0.4, -0.2) is 40.2 Å². The van der Waals surface area contributed by atoms with Crippen molar-refractivity contribution in [2.45, 2.75) is 20.3 Å². The van der Waals surface area contributed by atoms with E-state index in [0.717, 1.165) is 16.8 Å². The van der Waals surface area contributed by atoms with Crippen LogP contribution in [0.1, 0.15) is 25.8 Å². The zero-order valence-corrected chi connectivity index (χ0v) is 12.9. The van der Waals surface area contributed by atoms with Crippen molar-refractivity contribution in [3.05, 3.63) is 23.8 Å². The van der Waals surface area contributed by atoms with Gasteiger partial charge in [0.15, 0.2) is 11.5 Å². The maximum atomic E-state index is 5.74. The first-order valence-electron chi connectivity index (χ1n) is 6.99. The molecule has 0 amide bonds. The molecule has 0 saturated heterocycles. The number of tetrazole rings is 1. The van der Waals surface area contributed by atoms with E-state index in [2.05, 4.69) is 34.5 Å². The van der Waals surface area contributed by atoms with E-state index in [-0.39, 0.29) is 5.95 Å². The summed E-state index contributed by atoms with van der Waals surface area (Å²) in [4.78, 5) is 1.14. The van der Waals surface area contributed by atoms with Crippen LogP contribution in [-0.2, 0) is 0 Å². The first-order valence-corrected chi connectivity index (χ1v) is 6.99. The highest BCUT2D eigenvalue weighted by Gasteiger charge is 2.06. The summed E-state index contributed by atoms with van der Waals surface area (Å²) in [5, 5.41) is 14.6. The highest BCUT2D eigenvalue weighted by atomic mass is 16.5. The summed E-state index contributed by atoms with van der Waals surface area (Å²) < 4.78 is 11.1. The lowest BCUT2D eigenvalue weighted by Crippen LogP contribution is -2.03. The summed E-state index contributed by atoms with van der Waals surface area (Å²) >= 11 is 0. The van der Waals surface area contributed by atoms with E-state index >= 15 is 0 Å². The van der Waals surface area contributed by atoms with Gasteiger partial charge < -0.3 is 15.2 Å². The number of hydrogen-bond donors (Lipinski definition) is 1. The van der Waals surface area contributed by atoms with Crippen LogP contribution in [0.4, 0.5) is 5.95 Å². The molecule has 1 heterocycles. The molecular formula is C14H20N6O2. The lowest BCUT2D eigenvalue weighted by atomic mass is 10.1. The lowest BCUT2D eigenvalue weighted by Gasteiger charge is -2.12. The number of nitrogens with two attached hydrogens (primary N) is 1. The molecule has 0 aliphatic rings. The van der Waals surface area contributed by atoms with Gasteiger partial charge in [0, 0.05) is 0 Å². The topological polar surface area (TPSA) is 100 Å². The number of rotatable bonds is 7. The molecule has 2 aromatic rings. The molecule has 0 radical (unpaired) electrons. The first kappa shape index (κ1) is 15.7. The minimum absolute atomic E-state index is 0.122. The first-order chi connectivity index (χ1) is 10.6. The Morgan fingerprint density at radius 3 is 2.82 bits per heavy atom. The molecule has 0 saturated carbocycles. The number of methoxy groups -OCH3 is 1. The normalized spacial score (nSPS) is 11.3. The molecule has 1 aromatic carbocycles. The van der Waals surface area contributed by atoms with Crippen molar-refractivity contribution >= 4 is 12.2 Å². The third-order valence-corrected chi connectivity index (χ3v) is 2.93. The maximum absolute atomic E-state index is 5.74. The summed E-state index contributed by atoms with van der Waals surface area (Å²) in [5.74, 6) is 2.08. The van der Waals surface area contributed by atoms with Crippen molar-refractivity contribution in [3.8, 4) is 11.5 Å². The Kier molecular flexibility index (Phi) is 5.29. The molecule has 0 unspecified atom stereocenters. The van der Waals surface area contributed by atoms with Crippen molar-refractivity contribution in [2.24, 2.45) is 11.0 Å². The molecule has 8 nitrogen and oxygen atoms in total. The van der Waals surface area contributed by atoms with Crippen LogP contribution >= 0.6 is 0 Å². The Balaban J connectivity index is 2.08. The molecule has 0 bridgehead atoms. The van der Waals surface area contributed by atoms with Crippen LogP contribution < -0.4 is 15.2 Å². The standard InChI is InChI=1S/C14H20N6O2/c1-10(2)6-7-22-12-5-4-11(8-13(12)21-3)9-16-20-14(15)17-18-19-20/h4-5,8-10H,6-7H2,1-3H3,(H2,15,17,19). The molecule has 2 N–H and O–H groups in total. The zero-order chi connectivity index (χ0) is 15.9. The fourth-order valence-corrected chi connectivity index (χ4v) is 1.68. The largest absolute Gasteiger partial charge is 0.493 e. The summed E-state index contributed by atoms with van der Waals surface area (Å²) in [6, 6.07) is 5.55. The van der Waals surface area contributed by atoms with E-state index in [9.17, 15) is 0 Å². The molecule has 22 heavy (non-hydrogen) atoms. The highest BCUT2D eigenvalue weighted by molar-refractivity contribution is 5.80. The predicted octanol–water partition coefficient (Wildman–Crippen LogP) is 1.57. The summed E-state index contributed by atoms with van der Waals surface area (Å²) in [5.41, 5.74) is 6.35. The third kappa shape index (κ3) is 4.18. The van der Waals surface area contributed by atoms with Gasteiger partial charge in [-0.15, -0.1) is 0 Å². The van der Waals surface area contributed by atoms with Gasteiger partial charge in [-0.3, -0.25) is 0 Å². The number of aromatic nitrogens is 4. The van der Waals surface area contributed by atoms with Crippen LogP contribution in [0.15, 0.2) is 23.3 Å². The second kappa shape index (κ2) is 7.39. The molecule has 2 rings (SSSR count). The molecular weight excluding hydrogens is 284 g/mol. The number of nitrogen functional groups attached to an aromatic ring is 1. The van der Waals surface area contributed by atoms with Crippen LogP contribution in [0.2, 0.25) is 0 Å². The summed E-state index contributed by atoms with van der Waals surface area (Å²) in [7, 11) is 1.60. The van der Waals surface area contributed by atoms with E-state index in [0.29, 0.717) is 24.0 Å². The Bertz CT molecular complexity index is 638. The second-order valence-corrected chi connectivity index (χ2v) is 5.11. The number of anilines is 1. The molecule has 0 spiro atoms. The van der Waals surface area contributed by atoms with Crippen molar-refractivity contribution in [3.63, 3.8) is 0 Å². The van der Waals surface area contributed by atoms with E-state index in [1.54, 1.807) is 13.3 Å². The number of benzene rings is 1. The molecule has 118 valence electrons. The maximum Gasteiger partial charge on any atom is 0.263 e. The van der Waals surface area contributed by atoms with Gasteiger partial charge in [-0.05, 0) is 46.5 Å². The van der Waals surface area contributed by atoms with Crippen LogP contribution in [0, 0.1) is 5.92 Å². The van der Waals surface area contributed by atoms with E-state index in [4.69, 9.17) is 15.2 Å². The van der Waals surface area contributed by atoms with Crippen LogP contribution in [0.3, 0.4) is 0 Å². The van der Waals surface area contributed by atoms with Gasteiger partial charge in [0.1, 0.15) is 0 Å². The zero-order valence-electron chi connectivity index (χ0n) is 12.9. The molecule has 1 aromatic heterocycles. The minimum atomic E-state index is 0.122. The van der Waals surface area contributed by atoms with Gasteiger partial charge in [-0.25, -0.2) is 0 Å². The van der Waals surface area contributed by atoms with Crippen molar-refractivity contribution in [1.29, 1.82) is 0 Å².